The van der Waals surface area contributed by atoms with E-state index in [0.29, 0.717) is 17.6 Å². The molecular weight excluding hydrogens is 407 g/mol. The van der Waals surface area contributed by atoms with Crippen LogP contribution in [0.2, 0.25) is 0 Å². The van der Waals surface area contributed by atoms with Crippen molar-refractivity contribution in [2.75, 3.05) is 13.1 Å². The lowest BCUT2D eigenvalue weighted by Gasteiger charge is -2.24. The van der Waals surface area contributed by atoms with Crippen LogP contribution in [0.5, 0.6) is 0 Å². The second-order valence-electron chi connectivity index (χ2n) is 6.60. The number of nitrogens with zero attached hydrogens (tertiary/aromatic N) is 1. The predicted octanol–water partition coefficient (Wildman–Crippen LogP) is 7.07. The molecule has 0 aliphatic heterocycles. The molecule has 1 rings (SSSR count). The highest BCUT2D eigenvalue weighted by molar-refractivity contribution is 9.10. The van der Waals surface area contributed by atoms with Crippen molar-refractivity contribution in [1.82, 2.24) is 4.90 Å². The summed E-state index contributed by atoms with van der Waals surface area (Å²) in [6.07, 6.45) is 3.38. The molecule has 26 heavy (non-hydrogen) atoms. The number of alkyl halides is 3. The summed E-state index contributed by atoms with van der Waals surface area (Å²) in [4.78, 5) is 14.5. The Kier molecular flexibility index (Phi) is 10.3. The van der Waals surface area contributed by atoms with E-state index in [0.717, 1.165) is 57.4 Å². The fourth-order valence-electron chi connectivity index (χ4n) is 2.88. The van der Waals surface area contributed by atoms with Gasteiger partial charge in [-0.15, -0.1) is 0 Å². The lowest BCUT2D eigenvalue weighted by molar-refractivity contribution is -0.138. The summed E-state index contributed by atoms with van der Waals surface area (Å²) in [5.74, 6) is -0.522. The summed E-state index contributed by atoms with van der Waals surface area (Å²) >= 11 is 3.19. The molecule has 0 unspecified atom stereocenters. The van der Waals surface area contributed by atoms with Gasteiger partial charge in [-0.3, -0.25) is 4.79 Å². The average Bonchev–Trinajstić information content (AvgIpc) is 2.58. The molecule has 0 N–H and O–H groups in total. The second kappa shape index (κ2) is 11.6. The van der Waals surface area contributed by atoms with E-state index in [1.807, 2.05) is 0 Å². The van der Waals surface area contributed by atoms with Crippen LogP contribution in [0.25, 0.3) is 0 Å². The molecule has 6 heteroatoms. The molecule has 1 aromatic rings. The number of unbranched alkanes of at least 4 members (excludes halogenated alkanes) is 6. The SMILES string of the molecule is CCCCCCN(CCCCCC)C(=O)c1cc(Br)ccc1C(F)(F)F. The van der Waals surface area contributed by atoms with E-state index in [-0.39, 0.29) is 5.56 Å². The Morgan fingerprint density at radius 2 is 1.50 bits per heavy atom. The molecule has 0 atom stereocenters. The number of hydrogen-bond donors (Lipinski definition) is 0. The van der Waals surface area contributed by atoms with Crippen LogP contribution in [-0.4, -0.2) is 23.9 Å². The summed E-state index contributed by atoms with van der Waals surface area (Å²) in [5.41, 5.74) is -1.13. The molecule has 1 aromatic carbocycles. The van der Waals surface area contributed by atoms with Crippen molar-refractivity contribution in [2.45, 2.75) is 71.4 Å². The van der Waals surface area contributed by atoms with Crippen LogP contribution in [0, 0.1) is 0 Å². The van der Waals surface area contributed by atoms with Crippen molar-refractivity contribution < 1.29 is 18.0 Å². The first-order chi connectivity index (χ1) is 12.3. The van der Waals surface area contributed by atoms with Gasteiger partial charge in [-0.25, -0.2) is 0 Å². The van der Waals surface area contributed by atoms with Crippen molar-refractivity contribution in [3.63, 3.8) is 0 Å². The minimum atomic E-state index is -4.54. The first-order valence-corrected chi connectivity index (χ1v) is 10.3. The highest BCUT2D eigenvalue weighted by Crippen LogP contribution is 2.34. The smallest absolute Gasteiger partial charge is 0.339 e. The number of amides is 1. The fraction of sp³-hybridized carbons (Fsp3) is 0.650. The van der Waals surface area contributed by atoms with E-state index in [9.17, 15) is 18.0 Å². The van der Waals surface area contributed by atoms with Gasteiger partial charge in [0.1, 0.15) is 0 Å². The molecule has 0 fully saturated rings. The zero-order chi connectivity index (χ0) is 19.6. The van der Waals surface area contributed by atoms with Crippen LogP contribution in [0.4, 0.5) is 13.2 Å². The number of carbonyl (C=O) groups excluding carboxylic acids is 1. The third-order valence-electron chi connectivity index (χ3n) is 4.37. The quantitative estimate of drug-likeness (QED) is 0.340. The van der Waals surface area contributed by atoms with Crippen LogP contribution in [0.3, 0.4) is 0 Å². The van der Waals surface area contributed by atoms with Crippen molar-refractivity contribution >= 4 is 21.8 Å². The minimum absolute atomic E-state index is 0.266. The molecule has 0 spiro atoms. The molecular formula is C20H29BrF3NO. The molecule has 1 amide bonds. The Morgan fingerprint density at radius 3 is 1.96 bits per heavy atom. The molecule has 2 nitrogen and oxygen atoms in total. The number of hydrogen-bond acceptors (Lipinski definition) is 1. The minimum Gasteiger partial charge on any atom is -0.339 e. The van der Waals surface area contributed by atoms with E-state index >= 15 is 0 Å². The van der Waals surface area contributed by atoms with Gasteiger partial charge in [0.25, 0.3) is 5.91 Å². The summed E-state index contributed by atoms with van der Waals surface area (Å²) in [6, 6.07) is 3.59. The number of benzene rings is 1. The fourth-order valence-corrected chi connectivity index (χ4v) is 3.25. The summed E-state index contributed by atoms with van der Waals surface area (Å²) in [7, 11) is 0. The maximum absolute atomic E-state index is 13.3. The second-order valence-corrected chi connectivity index (χ2v) is 7.52. The Labute approximate surface area is 163 Å². The summed E-state index contributed by atoms with van der Waals surface area (Å²) in [6.45, 7) is 5.22. The highest BCUT2D eigenvalue weighted by Gasteiger charge is 2.36. The molecule has 0 saturated carbocycles. The van der Waals surface area contributed by atoms with Crippen LogP contribution in [-0.2, 0) is 6.18 Å². The molecule has 0 bridgehead atoms. The maximum atomic E-state index is 13.3. The molecule has 0 saturated heterocycles. The van der Waals surface area contributed by atoms with Gasteiger partial charge >= 0.3 is 6.18 Å². The van der Waals surface area contributed by atoms with Crippen LogP contribution >= 0.6 is 15.9 Å². The molecule has 148 valence electrons. The van der Waals surface area contributed by atoms with Gasteiger partial charge in [0.2, 0.25) is 0 Å². The van der Waals surface area contributed by atoms with E-state index in [4.69, 9.17) is 0 Å². The maximum Gasteiger partial charge on any atom is 0.417 e. The van der Waals surface area contributed by atoms with E-state index < -0.39 is 17.6 Å². The first kappa shape index (κ1) is 23.0. The highest BCUT2D eigenvalue weighted by atomic mass is 79.9. The Hall–Kier alpha value is -1.04. The van der Waals surface area contributed by atoms with E-state index in [1.165, 1.54) is 12.1 Å². The molecule has 0 aromatic heterocycles. The number of halogens is 4. The summed E-state index contributed by atoms with van der Waals surface area (Å²) < 4.78 is 40.4. The Bertz CT molecular complexity index is 548. The van der Waals surface area contributed by atoms with Crippen molar-refractivity contribution in [1.29, 1.82) is 0 Å². The van der Waals surface area contributed by atoms with Crippen LogP contribution < -0.4 is 0 Å². The van der Waals surface area contributed by atoms with Crippen molar-refractivity contribution in [3.05, 3.63) is 33.8 Å². The Balaban J connectivity index is 2.96. The third kappa shape index (κ3) is 7.68. The van der Waals surface area contributed by atoms with Gasteiger partial charge < -0.3 is 4.90 Å². The van der Waals surface area contributed by atoms with Gasteiger partial charge in [-0.1, -0.05) is 68.3 Å². The largest absolute Gasteiger partial charge is 0.417 e. The monoisotopic (exact) mass is 435 g/mol. The molecule has 0 aliphatic carbocycles. The third-order valence-corrected chi connectivity index (χ3v) is 4.86. The summed E-state index contributed by atoms with van der Waals surface area (Å²) in [5, 5.41) is 0. The van der Waals surface area contributed by atoms with Crippen molar-refractivity contribution in [2.24, 2.45) is 0 Å². The predicted molar refractivity (Wildman–Crippen MR) is 103 cm³/mol. The number of carbonyl (C=O) groups is 1. The van der Waals surface area contributed by atoms with Crippen LogP contribution in [0.1, 0.15) is 81.1 Å². The lowest BCUT2D eigenvalue weighted by atomic mass is 10.0. The van der Waals surface area contributed by atoms with Gasteiger partial charge in [0.15, 0.2) is 0 Å². The molecule has 0 radical (unpaired) electrons. The standard InChI is InChI=1S/C20H29BrF3NO/c1-3-5-7-9-13-25(14-10-8-6-4-2)19(26)17-15-16(21)11-12-18(17)20(22,23)24/h11-12,15H,3-10,13-14H2,1-2H3. The van der Waals surface area contributed by atoms with Gasteiger partial charge in [-0.05, 0) is 31.0 Å². The van der Waals surface area contributed by atoms with Crippen LogP contribution in [0.15, 0.2) is 22.7 Å². The van der Waals surface area contributed by atoms with Crippen molar-refractivity contribution in [3.8, 4) is 0 Å². The molecule has 0 aliphatic rings. The van der Waals surface area contributed by atoms with E-state index in [1.54, 1.807) is 4.90 Å². The van der Waals surface area contributed by atoms with E-state index in [2.05, 4.69) is 29.8 Å². The van der Waals surface area contributed by atoms with Gasteiger partial charge in [-0.2, -0.15) is 13.2 Å². The zero-order valence-electron chi connectivity index (χ0n) is 15.7. The average molecular weight is 436 g/mol. The number of rotatable bonds is 11. The van der Waals surface area contributed by atoms with Gasteiger partial charge in [0.05, 0.1) is 11.1 Å². The Morgan fingerprint density at radius 1 is 0.962 bits per heavy atom. The topological polar surface area (TPSA) is 20.3 Å². The zero-order valence-corrected chi connectivity index (χ0v) is 17.3. The van der Waals surface area contributed by atoms with Gasteiger partial charge in [0, 0.05) is 17.6 Å². The lowest BCUT2D eigenvalue weighted by Crippen LogP contribution is -2.34. The first-order valence-electron chi connectivity index (χ1n) is 9.47. The normalized spacial score (nSPS) is 11.6. The molecule has 0 heterocycles.